The first-order valence-corrected chi connectivity index (χ1v) is 9.03. The fourth-order valence-electron chi connectivity index (χ4n) is 3.30. The van der Waals surface area contributed by atoms with Crippen molar-refractivity contribution >= 4 is 28.6 Å². The monoisotopic (exact) mass is 387 g/mol. The normalized spacial score (nSPS) is 10.8. The molecule has 0 aliphatic carbocycles. The number of para-hydroxylation sites is 2. The molecule has 0 aliphatic rings. The molecule has 0 saturated carbocycles. The van der Waals surface area contributed by atoms with Gasteiger partial charge in [0, 0.05) is 29.9 Å². The molecule has 4 aromatic rings. The summed E-state index contributed by atoms with van der Waals surface area (Å²) < 4.78 is 1.99. The van der Waals surface area contributed by atoms with Crippen molar-refractivity contribution in [1.82, 2.24) is 14.4 Å². The molecule has 9 heteroatoms. The van der Waals surface area contributed by atoms with E-state index in [1.807, 2.05) is 46.9 Å². The van der Waals surface area contributed by atoms with Gasteiger partial charge in [-0.2, -0.15) is 0 Å². The molecular weight excluding hydrogens is 370 g/mol. The lowest BCUT2D eigenvalue weighted by atomic mass is 10.1. The van der Waals surface area contributed by atoms with Crippen LogP contribution in [0.2, 0.25) is 0 Å². The maximum Gasteiger partial charge on any atom is 0.411 e. The topological polar surface area (TPSA) is 119 Å². The van der Waals surface area contributed by atoms with Crippen molar-refractivity contribution in [2.24, 2.45) is 5.11 Å². The van der Waals surface area contributed by atoms with Crippen molar-refractivity contribution in [3.8, 4) is 11.3 Å². The Morgan fingerprint density at radius 1 is 1.17 bits per heavy atom. The number of hydrogen-bond acceptors (Lipinski definition) is 4. The zero-order valence-corrected chi connectivity index (χ0v) is 15.4. The first-order valence-electron chi connectivity index (χ1n) is 9.03. The first-order chi connectivity index (χ1) is 14.2. The fourth-order valence-corrected chi connectivity index (χ4v) is 3.30. The molecule has 4 rings (SSSR count). The molecule has 0 spiro atoms. The van der Waals surface area contributed by atoms with E-state index < -0.39 is 6.09 Å². The molecule has 0 saturated heterocycles. The number of hydrogen-bond donors (Lipinski definition) is 1. The van der Waals surface area contributed by atoms with Crippen LogP contribution in [-0.4, -0.2) is 38.7 Å². The molecule has 0 atom stereocenters. The zero-order valence-electron chi connectivity index (χ0n) is 15.4. The third-order valence-electron chi connectivity index (χ3n) is 4.62. The van der Waals surface area contributed by atoms with E-state index in [2.05, 4.69) is 20.0 Å². The number of aromatic nitrogens is 3. The molecule has 9 nitrogen and oxygen atoms in total. The number of fused-ring (bicyclic) bond motifs is 3. The van der Waals surface area contributed by atoms with Gasteiger partial charge in [0.25, 0.3) is 0 Å². The Morgan fingerprint density at radius 3 is 2.72 bits per heavy atom. The van der Waals surface area contributed by atoms with Gasteiger partial charge in [-0.1, -0.05) is 29.4 Å². The van der Waals surface area contributed by atoms with Gasteiger partial charge in [-0.25, -0.2) is 14.8 Å². The third-order valence-corrected chi connectivity index (χ3v) is 4.62. The van der Waals surface area contributed by atoms with Gasteiger partial charge in [-0.15, -0.1) is 0 Å². The summed E-state index contributed by atoms with van der Waals surface area (Å²) in [6.07, 6.45) is 1.11. The van der Waals surface area contributed by atoms with Gasteiger partial charge in [0.1, 0.15) is 0 Å². The summed E-state index contributed by atoms with van der Waals surface area (Å²) in [7, 11) is 0. The van der Waals surface area contributed by atoms with E-state index in [0.29, 0.717) is 17.9 Å². The quantitative estimate of drug-likeness (QED) is 0.222. The van der Waals surface area contributed by atoms with E-state index in [1.165, 1.54) is 4.90 Å². The minimum absolute atomic E-state index is 0.249. The van der Waals surface area contributed by atoms with Crippen LogP contribution in [-0.2, 0) is 0 Å². The summed E-state index contributed by atoms with van der Waals surface area (Å²) >= 11 is 0. The summed E-state index contributed by atoms with van der Waals surface area (Å²) in [4.78, 5) is 24.4. The second-order valence-electron chi connectivity index (χ2n) is 6.36. The summed E-state index contributed by atoms with van der Waals surface area (Å²) in [5, 5.41) is 12.9. The summed E-state index contributed by atoms with van der Waals surface area (Å²) in [5.41, 5.74) is 12.6. The van der Waals surface area contributed by atoms with Crippen LogP contribution in [0, 0.1) is 0 Å². The van der Waals surface area contributed by atoms with E-state index in [1.54, 1.807) is 18.3 Å². The molecule has 0 bridgehead atoms. The largest absolute Gasteiger partial charge is 0.465 e. The number of benzene rings is 2. The van der Waals surface area contributed by atoms with Crippen LogP contribution in [0.5, 0.6) is 0 Å². The number of imidazole rings is 1. The van der Waals surface area contributed by atoms with E-state index in [9.17, 15) is 9.90 Å². The fraction of sp³-hybridized carbons (Fsp3) is 0.150. The van der Waals surface area contributed by atoms with Gasteiger partial charge in [0.2, 0.25) is 5.78 Å². The van der Waals surface area contributed by atoms with Crippen molar-refractivity contribution in [1.29, 1.82) is 0 Å². The average molecular weight is 387 g/mol. The molecule has 2 aromatic carbocycles. The standard InChI is InChI=1S/C20H17N7O2/c21-25-23-11-3-13-26(20(28)29)15-8-6-14(7-9-15)17-10-12-22-19-24-16-4-1-2-5-18(16)27(17)19/h1-2,4-10,12H,3,11,13H2,(H,28,29). The summed E-state index contributed by atoms with van der Waals surface area (Å²) in [6.45, 7) is 0.500. The Labute approximate surface area is 165 Å². The molecule has 144 valence electrons. The number of azide groups is 1. The van der Waals surface area contributed by atoms with Gasteiger partial charge >= 0.3 is 6.09 Å². The Kier molecular flexibility index (Phi) is 4.96. The molecular formula is C20H17N7O2. The van der Waals surface area contributed by atoms with E-state index in [4.69, 9.17) is 5.53 Å². The molecule has 0 aliphatic heterocycles. The Balaban J connectivity index is 1.69. The van der Waals surface area contributed by atoms with Crippen LogP contribution in [0.15, 0.2) is 65.9 Å². The van der Waals surface area contributed by atoms with Crippen molar-refractivity contribution in [2.75, 3.05) is 18.0 Å². The Morgan fingerprint density at radius 2 is 1.97 bits per heavy atom. The second kappa shape index (κ2) is 7.87. The third kappa shape index (κ3) is 3.54. The first kappa shape index (κ1) is 18.3. The molecule has 1 amide bonds. The number of anilines is 1. The predicted molar refractivity (Wildman–Crippen MR) is 110 cm³/mol. The lowest BCUT2D eigenvalue weighted by Crippen LogP contribution is -2.30. The number of amides is 1. The van der Waals surface area contributed by atoms with Crippen LogP contribution >= 0.6 is 0 Å². The van der Waals surface area contributed by atoms with Gasteiger partial charge in [-0.3, -0.25) is 9.30 Å². The summed E-state index contributed by atoms with van der Waals surface area (Å²) in [5.74, 6) is 0.609. The molecule has 0 unspecified atom stereocenters. The van der Waals surface area contributed by atoms with Gasteiger partial charge in [-0.05, 0) is 47.8 Å². The Hall–Kier alpha value is -4.10. The van der Waals surface area contributed by atoms with E-state index in [-0.39, 0.29) is 13.1 Å². The highest BCUT2D eigenvalue weighted by molar-refractivity contribution is 5.87. The smallest absolute Gasteiger partial charge is 0.411 e. The molecule has 2 aromatic heterocycles. The Bertz CT molecular complexity index is 1230. The number of carboxylic acid groups (broad SMARTS) is 1. The SMILES string of the molecule is [N-]=[N+]=NCCCN(C(=O)O)c1ccc(-c2ccnc3nc4ccccc4n23)cc1. The lowest BCUT2D eigenvalue weighted by Gasteiger charge is -2.19. The molecule has 29 heavy (non-hydrogen) atoms. The number of rotatable bonds is 6. The van der Waals surface area contributed by atoms with Crippen LogP contribution < -0.4 is 4.90 Å². The zero-order chi connectivity index (χ0) is 20.2. The highest BCUT2D eigenvalue weighted by atomic mass is 16.4. The molecule has 0 radical (unpaired) electrons. The van der Waals surface area contributed by atoms with Crippen molar-refractivity contribution < 1.29 is 9.90 Å². The molecule has 2 heterocycles. The summed E-state index contributed by atoms with van der Waals surface area (Å²) in [6, 6.07) is 17.0. The van der Waals surface area contributed by atoms with Crippen LogP contribution in [0.1, 0.15) is 6.42 Å². The van der Waals surface area contributed by atoms with Crippen LogP contribution in [0.3, 0.4) is 0 Å². The maximum atomic E-state index is 11.6. The lowest BCUT2D eigenvalue weighted by molar-refractivity contribution is 0.201. The predicted octanol–water partition coefficient (Wildman–Crippen LogP) is 4.73. The van der Waals surface area contributed by atoms with Crippen LogP contribution in [0.25, 0.3) is 38.5 Å². The van der Waals surface area contributed by atoms with Crippen molar-refractivity contribution in [3.05, 3.63) is 71.2 Å². The minimum atomic E-state index is -1.05. The molecule has 1 N–H and O–H groups in total. The minimum Gasteiger partial charge on any atom is -0.465 e. The van der Waals surface area contributed by atoms with Gasteiger partial charge < -0.3 is 5.11 Å². The van der Waals surface area contributed by atoms with E-state index >= 15 is 0 Å². The van der Waals surface area contributed by atoms with Crippen LogP contribution in [0.4, 0.5) is 10.5 Å². The second-order valence-corrected chi connectivity index (χ2v) is 6.36. The van der Waals surface area contributed by atoms with Gasteiger partial charge in [0.05, 0.1) is 16.7 Å². The number of carbonyl (C=O) groups is 1. The highest BCUT2D eigenvalue weighted by Crippen LogP contribution is 2.27. The van der Waals surface area contributed by atoms with E-state index in [0.717, 1.165) is 22.3 Å². The highest BCUT2D eigenvalue weighted by Gasteiger charge is 2.15. The van der Waals surface area contributed by atoms with Crippen molar-refractivity contribution in [2.45, 2.75) is 6.42 Å². The number of nitrogens with zero attached hydrogens (tertiary/aromatic N) is 7. The average Bonchev–Trinajstić information content (AvgIpc) is 3.12. The van der Waals surface area contributed by atoms with Crippen molar-refractivity contribution in [3.63, 3.8) is 0 Å². The van der Waals surface area contributed by atoms with Gasteiger partial charge in [0.15, 0.2) is 0 Å². The maximum absolute atomic E-state index is 11.6. The molecule has 0 fully saturated rings.